The average molecular weight is 478 g/mol. The van der Waals surface area contributed by atoms with E-state index in [0.29, 0.717) is 24.7 Å². The normalized spacial score (nSPS) is 20.5. The first kappa shape index (κ1) is 22.4. The van der Waals surface area contributed by atoms with Gasteiger partial charge in [-0.3, -0.25) is 4.90 Å². The Morgan fingerprint density at radius 1 is 1.09 bits per heavy atom. The van der Waals surface area contributed by atoms with Crippen LogP contribution in [0, 0.1) is 0 Å². The lowest BCUT2D eigenvalue weighted by atomic mass is 9.88. The van der Waals surface area contributed by atoms with E-state index in [2.05, 4.69) is 21.6 Å². The molecular weight excluding hydrogens is 446 g/mol. The molecule has 3 aliphatic rings. The first-order chi connectivity index (χ1) is 17.2. The minimum Gasteiger partial charge on any atom is -0.486 e. The van der Waals surface area contributed by atoms with E-state index in [1.165, 1.54) is 12.7 Å². The van der Waals surface area contributed by atoms with Crippen molar-refractivity contribution in [1.82, 2.24) is 14.5 Å². The van der Waals surface area contributed by atoms with Crippen LogP contribution >= 0.6 is 0 Å². The van der Waals surface area contributed by atoms with Crippen molar-refractivity contribution in [3.63, 3.8) is 0 Å². The van der Waals surface area contributed by atoms with Crippen molar-refractivity contribution >= 4 is 17.0 Å². The van der Waals surface area contributed by atoms with E-state index in [1.807, 2.05) is 18.2 Å². The van der Waals surface area contributed by atoms with Crippen LogP contribution in [0.15, 0.2) is 36.4 Å². The van der Waals surface area contributed by atoms with Gasteiger partial charge in [0.2, 0.25) is 0 Å². The van der Waals surface area contributed by atoms with Crippen molar-refractivity contribution in [1.29, 1.82) is 0 Å². The second kappa shape index (κ2) is 9.51. The molecule has 2 saturated heterocycles. The van der Waals surface area contributed by atoms with Gasteiger partial charge >= 0.3 is 5.97 Å². The maximum Gasteiger partial charge on any atom is 0.337 e. The average Bonchev–Trinajstić information content (AvgIpc) is 3.21. The molecule has 0 saturated carbocycles. The van der Waals surface area contributed by atoms with E-state index in [9.17, 15) is 4.79 Å². The zero-order valence-corrected chi connectivity index (χ0v) is 20.1. The van der Waals surface area contributed by atoms with Gasteiger partial charge in [-0.2, -0.15) is 0 Å². The van der Waals surface area contributed by atoms with Crippen molar-refractivity contribution in [2.75, 3.05) is 40.0 Å². The third kappa shape index (κ3) is 4.36. The summed E-state index contributed by atoms with van der Waals surface area (Å²) in [4.78, 5) is 19.5. The molecule has 184 valence electrons. The molecule has 6 rings (SSSR count). The van der Waals surface area contributed by atoms with Crippen molar-refractivity contribution in [3.8, 4) is 11.5 Å². The van der Waals surface area contributed by atoms with Gasteiger partial charge in [0.05, 0.1) is 42.9 Å². The van der Waals surface area contributed by atoms with E-state index in [0.717, 1.165) is 80.4 Å². The fraction of sp³-hybridized carbons (Fsp3) is 0.481. The van der Waals surface area contributed by atoms with Crippen LogP contribution in [-0.4, -0.2) is 66.5 Å². The first-order valence-corrected chi connectivity index (χ1v) is 12.5. The number of imidazole rings is 1. The summed E-state index contributed by atoms with van der Waals surface area (Å²) in [5.74, 6) is 2.95. The monoisotopic (exact) mass is 477 g/mol. The summed E-state index contributed by atoms with van der Waals surface area (Å²) in [6, 6.07) is 11.8. The standard InChI is InChI=1S/C27H31N3O5/c1-32-27(31)19-5-6-22-23(15-19)30(16-20-9-12-33-20)25(28-22)17-29-10-7-18(8-11-29)21-3-2-4-24-26(21)35-14-13-34-24/h2-6,15,18,20H,7-14,16-17H2,1H3. The van der Waals surface area contributed by atoms with Gasteiger partial charge in [-0.1, -0.05) is 12.1 Å². The number of benzene rings is 2. The van der Waals surface area contributed by atoms with Gasteiger partial charge in [-0.05, 0) is 62.5 Å². The van der Waals surface area contributed by atoms with E-state index in [-0.39, 0.29) is 12.1 Å². The molecule has 1 unspecified atom stereocenters. The number of hydrogen-bond donors (Lipinski definition) is 0. The molecule has 0 aliphatic carbocycles. The zero-order valence-electron chi connectivity index (χ0n) is 20.1. The Kier molecular flexibility index (Phi) is 6.08. The van der Waals surface area contributed by atoms with Crippen molar-refractivity contribution in [2.24, 2.45) is 0 Å². The summed E-state index contributed by atoms with van der Waals surface area (Å²) in [5.41, 5.74) is 3.67. The number of fused-ring (bicyclic) bond motifs is 2. The number of likely N-dealkylation sites (tertiary alicyclic amines) is 1. The molecule has 35 heavy (non-hydrogen) atoms. The number of esters is 1. The SMILES string of the molecule is COC(=O)c1ccc2nc(CN3CCC(c4cccc5c4OCCO5)CC3)n(CC3CCO3)c2c1. The van der Waals surface area contributed by atoms with Gasteiger partial charge in [0, 0.05) is 12.2 Å². The number of aromatic nitrogens is 2. The third-order valence-electron chi connectivity index (χ3n) is 7.42. The van der Waals surface area contributed by atoms with Gasteiger partial charge in [0.15, 0.2) is 11.5 Å². The Labute approximate surface area is 204 Å². The van der Waals surface area contributed by atoms with Crippen LogP contribution in [0.25, 0.3) is 11.0 Å². The Hall–Kier alpha value is -3.10. The first-order valence-electron chi connectivity index (χ1n) is 12.5. The van der Waals surface area contributed by atoms with Crippen LogP contribution < -0.4 is 9.47 Å². The van der Waals surface area contributed by atoms with Crippen LogP contribution in [0.3, 0.4) is 0 Å². The Morgan fingerprint density at radius 3 is 2.69 bits per heavy atom. The maximum absolute atomic E-state index is 12.1. The lowest BCUT2D eigenvalue weighted by Crippen LogP contribution is -2.35. The number of para-hydroxylation sites is 1. The summed E-state index contributed by atoms with van der Waals surface area (Å²) >= 11 is 0. The summed E-state index contributed by atoms with van der Waals surface area (Å²) in [5, 5.41) is 0. The fourth-order valence-electron chi connectivity index (χ4n) is 5.39. The minimum atomic E-state index is -0.333. The largest absolute Gasteiger partial charge is 0.486 e. The molecule has 3 aromatic rings. The zero-order chi connectivity index (χ0) is 23.8. The molecule has 8 nitrogen and oxygen atoms in total. The van der Waals surface area contributed by atoms with Gasteiger partial charge < -0.3 is 23.5 Å². The van der Waals surface area contributed by atoms with Crippen LogP contribution in [0.5, 0.6) is 11.5 Å². The van der Waals surface area contributed by atoms with Crippen LogP contribution in [0.1, 0.15) is 46.9 Å². The van der Waals surface area contributed by atoms with Gasteiger partial charge in [0.25, 0.3) is 0 Å². The fourth-order valence-corrected chi connectivity index (χ4v) is 5.39. The molecule has 3 aliphatic heterocycles. The number of carbonyl (C=O) groups excluding carboxylic acids is 1. The molecule has 8 heteroatoms. The smallest absolute Gasteiger partial charge is 0.337 e. The minimum absolute atomic E-state index is 0.199. The topological polar surface area (TPSA) is 75.0 Å². The predicted octanol–water partition coefficient (Wildman–Crippen LogP) is 3.76. The van der Waals surface area contributed by atoms with Crippen molar-refractivity contribution in [3.05, 3.63) is 53.3 Å². The molecular formula is C27H31N3O5. The molecule has 2 aromatic carbocycles. The second-order valence-corrected chi connectivity index (χ2v) is 9.54. The molecule has 1 atom stereocenters. The maximum atomic E-state index is 12.1. The second-order valence-electron chi connectivity index (χ2n) is 9.54. The van der Waals surface area contributed by atoms with Crippen molar-refractivity contribution in [2.45, 2.75) is 44.4 Å². The predicted molar refractivity (Wildman–Crippen MR) is 130 cm³/mol. The molecule has 2 fully saturated rings. The number of hydrogen-bond acceptors (Lipinski definition) is 7. The third-order valence-corrected chi connectivity index (χ3v) is 7.42. The van der Waals surface area contributed by atoms with Gasteiger partial charge in [-0.15, -0.1) is 0 Å². The number of nitrogens with zero attached hydrogens (tertiary/aromatic N) is 3. The van der Waals surface area contributed by atoms with Crippen molar-refractivity contribution < 1.29 is 23.7 Å². The molecule has 4 heterocycles. The summed E-state index contributed by atoms with van der Waals surface area (Å²) in [7, 11) is 1.41. The molecule has 0 radical (unpaired) electrons. The highest BCUT2D eigenvalue weighted by Gasteiger charge is 2.28. The Bertz CT molecular complexity index is 1230. The number of carbonyl (C=O) groups is 1. The number of piperidine rings is 1. The number of methoxy groups -OCH3 is 1. The quantitative estimate of drug-likeness (QED) is 0.501. The van der Waals surface area contributed by atoms with Crippen LogP contribution in [0.4, 0.5) is 0 Å². The highest BCUT2D eigenvalue weighted by molar-refractivity contribution is 5.93. The van der Waals surface area contributed by atoms with E-state index >= 15 is 0 Å². The summed E-state index contributed by atoms with van der Waals surface area (Å²) in [6.45, 7) is 5.54. The molecule has 1 aromatic heterocycles. The Balaban J connectivity index is 1.20. The molecule has 0 amide bonds. The molecule has 0 N–H and O–H groups in total. The number of rotatable bonds is 6. The molecule has 0 spiro atoms. The Morgan fingerprint density at radius 2 is 1.91 bits per heavy atom. The van der Waals surface area contributed by atoms with Gasteiger partial charge in [-0.25, -0.2) is 9.78 Å². The lowest BCUT2D eigenvalue weighted by Gasteiger charge is -2.34. The summed E-state index contributed by atoms with van der Waals surface area (Å²) in [6.07, 6.45) is 3.38. The van der Waals surface area contributed by atoms with E-state index < -0.39 is 0 Å². The molecule has 0 bridgehead atoms. The number of ether oxygens (including phenoxy) is 4. The van der Waals surface area contributed by atoms with E-state index in [1.54, 1.807) is 6.07 Å². The van der Waals surface area contributed by atoms with Gasteiger partial charge in [0.1, 0.15) is 19.0 Å². The van der Waals surface area contributed by atoms with Crippen LogP contribution in [0.2, 0.25) is 0 Å². The highest BCUT2D eigenvalue weighted by atomic mass is 16.6. The van der Waals surface area contributed by atoms with E-state index in [4.69, 9.17) is 23.9 Å². The lowest BCUT2D eigenvalue weighted by molar-refractivity contribution is -0.0592. The summed E-state index contributed by atoms with van der Waals surface area (Å²) < 4.78 is 24.6. The van der Waals surface area contributed by atoms with Crippen LogP contribution in [-0.2, 0) is 22.6 Å². The highest BCUT2D eigenvalue weighted by Crippen LogP contribution is 2.41.